The lowest BCUT2D eigenvalue weighted by molar-refractivity contribution is -0.143. The van der Waals surface area contributed by atoms with Crippen LogP contribution in [-0.4, -0.2) is 23.7 Å². The number of anilines is 1. The molecule has 0 atom stereocenters. The first-order valence-electron chi connectivity index (χ1n) is 4.35. The second kappa shape index (κ2) is 6.02. The molecule has 2 amide bonds. The van der Waals surface area contributed by atoms with E-state index in [1.54, 1.807) is 5.48 Å². The Balaban J connectivity index is 2.53. The fraction of sp³-hybridized carbons (Fsp3) is 0.111. The van der Waals surface area contributed by atoms with Crippen molar-refractivity contribution < 1.29 is 23.9 Å². The second-order valence-electron chi connectivity index (χ2n) is 2.84. The third-order valence-corrected chi connectivity index (χ3v) is 1.88. The van der Waals surface area contributed by atoms with Gasteiger partial charge in [-0.1, -0.05) is 17.7 Å². The number of aliphatic carboxylic acids is 1. The second-order valence-corrected chi connectivity index (χ2v) is 3.24. The molecule has 0 aliphatic heterocycles. The fourth-order valence-corrected chi connectivity index (χ4v) is 1.13. The van der Waals surface area contributed by atoms with E-state index in [9.17, 15) is 14.0 Å². The molecule has 1 aromatic rings. The van der Waals surface area contributed by atoms with Gasteiger partial charge >= 0.3 is 12.0 Å². The molecule has 0 saturated carbocycles. The predicted octanol–water partition coefficient (Wildman–Crippen LogP) is 1.62. The van der Waals surface area contributed by atoms with Crippen LogP contribution in [0.25, 0.3) is 0 Å². The van der Waals surface area contributed by atoms with Crippen molar-refractivity contribution in [3.05, 3.63) is 29.0 Å². The zero-order valence-corrected chi connectivity index (χ0v) is 9.12. The Morgan fingerprint density at radius 1 is 1.47 bits per heavy atom. The SMILES string of the molecule is O=C(O)CONC(=O)Nc1c(F)cccc1Cl. The number of nitrogens with one attached hydrogen (secondary N) is 2. The molecule has 0 aliphatic rings. The number of hydrogen-bond acceptors (Lipinski definition) is 3. The van der Waals surface area contributed by atoms with Crippen molar-refractivity contribution in [2.75, 3.05) is 11.9 Å². The smallest absolute Gasteiger partial charge is 0.343 e. The van der Waals surface area contributed by atoms with Gasteiger partial charge in [0.1, 0.15) is 5.82 Å². The van der Waals surface area contributed by atoms with E-state index >= 15 is 0 Å². The van der Waals surface area contributed by atoms with Crippen LogP contribution in [0, 0.1) is 5.82 Å². The van der Waals surface area contributed by atoms with E-state index in [-0.39, 0.29) is 10.7 Å². The number of carbonyl (C=O) groups excluding carboxylic acids is 1. The maximum Gasteiger partial charge on any atom is 0.343 e. The van der Waals surface area contributed by atoms with Gasteiger partial charge in [-0.15, -0.1) is 0 Å². The number of para-hydroxylation sites is 1. The summed E-state index contributed by atoms with van der Waals surface area (Å²) in [6, 6.07) is 2.94. The lowest BCUT2D eigenvalue weighted by atomic mass is 10.3. The molecule has 17 heavy (non-hydrogen) atoms. The summed E-state index contributed by atoms with van der Waals surface area (Å²) in [4.78, 5) is 25.5. The Bertz CT molecular complexity index is 421. The van der Waals surface area contributed by atoms with Gasteiger partial charge < -0.3 is 10.4 Å². The Morgan fingerprint density at radius 2 is 2.18 bits per heavy atom. The summed E-state index contributed by atoms with van der Waals surface area (Å²) in [7, 11) is 0. The molecule has 0 heterocycles. The number of urea groups is 1. The zero-order chi connectivity index (χ0) is 12.8. The molecule has 1 aromatic carbocycles. The normalized spacial score (nSPS) is 9.76. The maximum atomic E-state index is 13.2. The minimum absolute atomic E-state index is 0.0124. The highest BCUT2D eigenvalue weighted by Crippen LogP contribution is 2.24. The Kier molecular flexibility index (Phi) is 4.68. The van der Waals surface area contributed by atoms with Crippen LogP contribution in [-0.2, 0) is 9.63 Å². The summed E-state index contributed by atoms with van der Waals surface area (Å²) in [5.74, 6) is -1.97. The third kappa shape index (κ3) is 4.25. The van der Waals surface area contributed by atoms with Gasteiger partial charge in [0.15, 0.2) is 6.61 Å². The number of rotatable bonds is 4. The van der Waals surface area contributed by atoms with E-state index in [1.807, 2.05) is 0 Å². The lowest BCUT2D eigenvalue weighted by Gasteiger charge is -2.08. The van der Waals surface area contributed by atoms with Crippen LogP contribution in [0.2, 0.25) is 5.02 Å². The van der Waals surface area contributed by atoms with Crippen LogP contribution >= 0.6 is 11.6 Å². The number of carbonyl (C=O) groups is 2. The molecule has 0 unspecified atom stereocenters. The number of amides is 2. The van der Waals surface area contributed by atoms with Gasteiger partial charge in [0.05, 0.1) is 10.7 Å². The summed E-state index contributed by atoms with van der Waals surface area (Å²) in [6.45, 7) is -0.710. The van der Waals surface area contributed by atoms with Crippen LogP contribution in [0.5, 0.6) is 0 Å². The van der Waals surface area contributed by atoms with Crippen LogP contribution in [0.1, 0.15) is 0 Å². The van der Waals surface area contributed by atoms with Gasteiger partial charge in [-0.2, -0.15) is 0 Å². The first kappa shape index (κ1) is 13.2. The van der Waals surface area contributed by atoms with Crippen LogP contribution in [0.15, 0.2) is 18.2 Å². The molecule has 0 fully saturated rings. The van der Waals surface area contributed by atoms with Crippen LogP contribution in [0.4, 0.5) is 14.9 Å². The molecule has 1 rings (SSSR count). The van der Waals surface area contributed by atoms with E-state index in [0.29, 0.717) is 0 Å². The molecule has 0 radical (unpaired) electrons. The molecule has 92 valence electrons. The highest BCUT2D eigenvalue weighted by molar-refractivity contribution is 6.33. The molecule has 0 aliphatic carbocycles. The predicted molar refractivity (Wildman–Crippen MR) is 57.2 cm³/mol. The standard InChI is InChI=1S/C9H8ClFN2O4/c10-5-2-1-3-6(11)8(5)12-9(16)13-17-4-7(14)15/h1-3H,4H2,(H,14,15)(H2,12,13,16). The molecule has 8 heteroatoms. The average Bonchev–Trinajstić information content (AvgIpc) is 2.23. The van der Waals surface area contributed by atoms with E-state index in [1.165, 1.54) is 12.1 Å². The number of hydrogen-bond donors (Lipinski definition) is 3. The lowest BCUT2D eigenvalue weighted by Crippen LogP contribution is -2.31. The van der Waals surface area contributed by atoms with Gasteiger partial charge in [0, 0.05) is 0 Å². The van der Waals surface area contributed by atoms with Crippen molar-refractivity contribution >= 4 is 29.3 Å². The quantitative estimate of drug-likeness (QED) is 0.720. The molecule has 3 N–H and O–H groups in total. The van der Waals surface area contributed by atoms with Crippen molar-refractivity contribution in [3.8, 4) is 0 Å². The van der Waals surface area contributed by atoms with Crippen molar-refractivity contribution in [1.82, 2.24) is 5.48 Å². The summed E-state index contributed by atoms with van der Waals surface area (Å²) >= 11 is 5.64. The Labute approximate surface area is 100 Å². The zero-order valence-electron chi connectivity index (χ0n) is 8.37. The van der Waals surface area contributed by atoms with E-state index < -0.39 is 24.4 Å². The molecular weight excluding hydrogens is 255 g/mol. The number of carboxylic acid groups (broad SMARTS) is 1. The molecule has 0 bridgehead atoms. The van der Waals surface area contributed by atoms with E-state index in [0.717, 1.165) is 6.07 Å². The number of carboxylic acids is 1. The monoisotopic (exact) mass is 262 g/mol. The minimum atomic E-state index is -1.26. The highest BCUT2D eigenvalue weighted by atomic mass is 35.5. The van der Waals surface area contributed by atoms with Crippen LogP contribution < -0.4 is 10.8 Å². The number of halogens is 2. The van der Waals surface area contributed by atoms with Crippen molar-refractivity contribution in [2.24, 2.45) is 0 Å². The summed E-state index contributed by atoms with van der Waals surface area (Å²) in [5.41, 5.74) is 1.54. The van der Waals surface area contributed by atoms with E-state index in [2.05, 4.69) is 10.2 Å². The molecule has 0 saturated heterocycles. The first-order chi connectivity index (χ1) is 8.00. The van der Waals surface area contributed by atoms with E-state index in [4.69, 9.17) is 16.7 Å². The molecule has 0 aromatic heterocycles. The van der Waals surface area contributed by atoms with Gasteiger partial charge in [0.25, 0.3) is 0 Å². The van der Waals surface area contributed by atoms with Crippen LogP contribution in [0.3, 0.4) is 0 Å². The molecule has 0 spiro atoms. The van der Waals surface area contributed by atoms with Crippen molar-refractivity contribution in [1.29, 1.82) is 0 Å². The van der Waals surface area contributed by atoms with Gasteiger partial charge in [-0.25, -0.2) is 19.5 Å². The van der Waals surface area contributed by atoms with Gasteiger partial charge in [0.2, 0.25) is 0 Å². The largest absolute Gasteiger partial charge is 0.479 e. The van der Waals surface area contributed by atoms with Gasteiger partial charge in [-0.05, 0) is 12.1 Å². The van der Waals surface area contributed by atoms with Crippen molar-refractivity contribution in [3.63, 3.8) is 0 Å². The fourth-order valence-electron chi connectivity index (χ4n) is 0.920. The first-order valence-corrected chi connectivity index (χ1v) is 4.73. The summed E-state index contributed by atoms with van der Waals surface area (Å²) < 4.78 is 13.2. The minimum Gasteiger partial charge on any atom is -0.479 e. The summed E-state index contributed by atoms with van der Waals surface area (Å²) in [6.07, 6.45) is 0. The average molecular weight is 263 g/mol. The molecular formula is C9H8ClFN2O4. The third-order valence-electron chi connectivity index (χ3n) is 1.56. The highest BCUT2D eigenvalue weighted by Gasteiger charge is 2.10. The molecule has 6 nitrogen and oxygen atoms in total. The number of hydroxylamine groups is 1. The van der Waals surface area contributed by atoms with Crippen molar-refractivity contribution in [2.45, 2.75) is 0 Å². The Morgan fingerprint density at radius 3 is 2.76 bits per heavy atom. The number of benzene rings is 1. The summed E-state index contributed by atoms with van der Waals surface area (Å²) in [5, 5.41) is 10.3. The topological polar surface area (TPSA) is 87.7 Å². The van der Waals surface area contributed by atoms with Gasteiger partial charge in [-0.3, -0.25) is 4.84 Å². The maximum absolute atomic E-state index is 13.2. The Hall–Kier alpha value is -1.86.